The summed E-state index contributed by atoms with van der Waals surface area (Å²) >= 11 is 0. The second-order valence-corrected chi connectivity index (χ2v) is 7.00. The molecule has 27 heavy (non-hydrogen) atoms. The van der Waals surface area contributed by atoms with Gasteiger partial charge in [0, 0.05) is 49.4 Å². The van der Waals surface area contributed by atoms with Crippen LogP contribution in [-0.2, 0) is 17.9 Å². The van der Waals surface area contributed by atoms with E-state index < -0.39 is 0 Å². The summed E-state index contributed by atoms with van der Waals surface area (Å²) in [5.74, 6) is 0.0985. The summed E-state index contributed by atoms with van der Waals surface area (Å²) in [6.45, 7) is 1.82. The Kier molecular flexibility index (Phi) is 4.98. The van der Waals surface area contributed by atoms with Gasteiger partial charge in [0.1, 0.15) is 0 Å². The number of nitrogens with one attached hydrogen (secondary N) is 2. The fraction of sp³-hybridized carbons (Fsp3) is 0.286. The van der Waals surface area contributed by atoms with E-state index in [0.29, 0.717) is 31.6 Å². The first-order valence-corrected chi connectivity index (χ1v) is 9.20. The Labute approximate surface area is 157 Å². The molecule has 6 heteroatoms. The van der Waals surface area contributed by atoms with Crippen LogP contribution in [-0.4, -0.2) is 33.4 Å². The van der Waals surface area contributed by atoms with Gasteiger partial charge in [-0.2, -0.15) is 0 Å². The molecule has 0 radical (unpaired) electrons. The molecule has 1 saturated heterocycles. The van der Waals surface area contributed by atoms with Crippen LogP contribution in [0.3, 0.4) is 0 Å². The minimum absolute atomic E-state index is 0.0739. The van der Waals surface area contributed by atoms with Crippen molar-refractivity contribution < 1.29 is 4.79 Å². The number of para-hydroxylation sites is 1. The van der Waals surface area contributed by atoms with E-state index in [-0.39, 0.29) is 17.5 Å². The Morgan fingerprint density at radius 2 is 1.93 bits per heavy atom. The van der Waals surface area contributed by atoms with Gasteiger partial charge in [-0.05, 0) is 36.1 Å². The van der Waals surface area contributed by atoms with Gasteiger partial charge in [0.25, 0.3) is 5.56 Å². The fourth-order valence-corrected chi connectivity index (χ4v) is 3.58. The minimum Gasteiger partial charge on any atom is -0.352 e. The molecule has 0 unspecified atom stereocenters. The molecular weight excluding hydrogens is 340 g/mol. The van der Waals surface area contributed by atoms with Crippen LogP contribution >= 0.6 is 0 Å². The molecule has 138 valence electrons. The van der Waals surface area contributed by atoms with E-state index >= 15 is 0 Å². The molecule has 6 nitrogen and oxygen atoms in total. The molecule has 0 bridgehead atoms. The third-order valence-corrected chi connectivity index (χ3v) is 4.90. The first kappa shape index (κ1) is 17.4. The topological polar surface area (TPSA) is 78.1 Å². The van der Waals surface area contributed by atoms with Crippen molar-refractivity contribution in [1.82, 2.24) is 20.2 Å². The number of fused-ring (bicyclic) bond motifs is 1. The average molecular weight is 362 g/mol. The van der Waals surface area contributed by atoms with E-state index in [1.54, 1.807) is 6.20 Å². The fourth-order valence-electron chi connectivity index (χ4n) is 3.58. The normalized spacial score (nSPS) is 16.8. The number of aromatic nitrogens is 2. The van der Waals surface area contributed by atoms with Crippen LogP contribution in [0.25, 0.3) is 10.9 Å². The standard InChI is InChI=1S/C21H22N4O2/c26-20-9-8-18(23-20)14-25(13-17-6-3-4-10-22-17)12-16-11-15-5-1-2-7-19(15)24-21(16)27/h1-7,10-11,18H,8-9,12-14H2,(H,23,26)(H,24,27)/t18-/m0/s1. The number of pyridine rings is 2. The van der Waals surface area contributed by atoms with Crippen LogP contribution in [0.5, 0.6) is 0 Å². The number of aromatic amines is 1. The third kappa shape index (κ3) is 4.23. The smallest absolute Gasteiger partial charge is 0.252 e. The molecule has 1 aliphatic rings. The molecular formula is C21H22N4O2. The monoisotopic (exact) mass is 362 g/mol. The lowest BCUT2D eigenvalue weighted by molar-refractivity contribution is -0.119. The number of carbonyl (C=O) groups is 1. The highest BCUT2D eigenvalue weighted by atomic mass is 16.2. The Bertz CT molecular complexity index is 1000. The van der Waals surface area contributed by atoms with Crippen LogP contribution in [0.2, 0.25) is 0 Å². The van der Waals surface area contributed by atoms with Gasteiger partial charge in [-0.3, -0.25) is 19.5 Å². The maximum absolute atomic E-state index is 12.5. The van der Waals surface area contributed by atoms with Crippen LogP contribution in [0.1, 0.15) is 24.1 Å². The predicted octanol–water partition coefficient (Wildman–Crippen LogP) is 2.20. The molecule has 1 amide bonds. The first-order chi connectivity index (χ1) is 13.2. The zero-order valence-corrected chi connectivity index (χ0v) is 15.0. The van der Waals surface area contributed by atoms with E-state index in [9.17, 15) is 9.59 Å². The van der Waals surface area contributed by atoms with Crippen molar-refractivity contribution >= 4 is 16.8 Å². The van der Waals surface area contributed by atoms with Gasteiger partial charge in [-0.15, -0.1) is 0 Å². The summed E-state index contributed by atoms with van der Waals surface area (Å²) in [6, 6.07) is 15.7. The number of nitrogens with zero attached hydrogens (tertiary/aromatic N) is 2. The number of H-pyrrole nitrogens is 1. The van der Waals surface area contributed by atoms with Crippen molar-refractivity contribution in [3.63, 3.8) is 0 Å². The summed E-state index contributed by atoms with van der Waals surface area (Å²) in [5.41, 5.74) is 2.42. The van der Waals surface area contributed by atoms with Crippen molar-refractivity contribution in [1.29, 1.82) is 0 Å². The van der Waals surface area contributed by atoms with Crippen molar-refractivity contribution in [2.45, 2.75) is 32.0 Å². The van der Waals surface area contributed by atoms with E-state index in [4.69, 9.17) is 0 Å². The van der Waals surface area contributed by atoms with Crippen LogP contribution in [0.15, 0.2) is 59.5 Å². The maximum Gasteiger partial charge on any atom is 0.252 e. The highest BCUT2D eigenvalue weighted by Gasteiger charge is 2.24. The third-order valence-electron chi connectivity index (χ3n) is 4.90. The number of benzene rings is 1. The second-order valence-electron chi connectivity index (χ2n) is 7.00. The summed E-state index contributed by atoms with van der Waals surface area (Å²) in [5, 5.41) is 4.03. The lowest BCUT2D eigenvalue weighted by Crippen LogP contribution is -2.39. The van der Waals surface area contributed by atoms with E-state index in [1.165, 1.54) is 0 Å². The van der Waals surface area contributed by atoms with Gasteiger partial charge >= 0.3 is 0 Å². The SMILES string of the molecule is O=C1CC[C@@H](CN(Cc2ccccn2)Cc2cc3ccccc3[nH]c2=O)N1. The number of hydrogen-bond acceptors (Lipinski definition) is 4. The molecule has 2 N–H and O–H groups in total. The molecule has 0 aliphatic carbocycles. The maximum atomic E-state index is 12.5. The minimum atomic E-state index is -0.0739. The molecule has 4 rings (SSSR count). The summed E-state index contributed by atoms with van der Waals surface area (Å²) in [4.78, 5) is 33.6. The van der Waals surface area contributed by atoms with Crippen molar-refractivity contribution in [3.8, 4) is 0 Å². The van der Waals surface area contributed by atoms with E-state index in [1.807, 2.05) is 48.5 Å². The average Bonchev–Trinajstić information content (AvgIpc) is 3.08. The van der Waals surface area contributed by atoms with Gasteiger partial charge in [0.05, 0.1) is 5.69 Å². The van der Waals surface area contributed by atoms with Gasteiger partial charge in [0.2, 0.25) is 5.91 Å². The highest BCUT2D eigenvalue weighted by Crippen LogP contribution is 2.15. The Morgan fingerprint density at radius 3 is 2.70 bits per heavy atom. The van der Waals surface area contributed by atoms with Crippen LogP contribution < -0.4 is 10.9 Å². The number of hydrogen-bond donors (Lipinski definition) is 2. The molecule has 3 aromatic rings. The quantitative estimate of drug-likeness (QED) is 0.705. The molecule has 1 aliphatic heterocycles. The van der Waals surface area contributed by atoms with Crippen molar-refractivity contribution in [2.75, 3.05) is 6.54 Å². The molecule has 3 heterocycles. The predicted molar refractivity (Wildman–Crippen MR) is 104 cm³/mol. The zero-order valence-electron chi connectivity index (χ0n) is 15.0. The Morgan fingerprint density at radius 1 is 1.07 bits per heavy atom. The van der Waals surface area contributed by atoms with Crippen molar-refractivity contribution in [2.24, 2.45) is 0 Å². The van der Waals surface area contributed by atoms with Gasteiger partial charge in [0.15, 0.2) is 0 Å². The van der Waals surface area contributed by atoms with Gasteiger partial charge in [-0.1, -0.05) is 24.3 Å². The van der Waals surface area contributed by atoms with Crippen LogP contribution in [0.4, 0.5) is 0 Å². The Hall–Kier alpha value is -2.99. The van der Waals surface area contributed by atoms with E-state index in [2.05, 4.69) is 20.2 Å². The molecule has 0 spiro atoms. The second kappa shape index (κ2) is 7.72. The largest absolute Gasteiger partial charge is 0.352 e. The summed E-state index contributed by atoms with van der Waals surface area (Å²) in [6.07, 6.45) is 3.16. The van der Waals surface area contributed by atoms with Crippen LogP contribution in [0, 0.1) is 0 Å². The first-order valence-electron chi connectivity index (χ1n) is 9.20. The highest BCUT2D eigenvalue weighted by molar-refractivity contribution is 5.79. The number of amides is 1. The lowest BCUT2D eigenvalue weighted by Gasteiger charge is -2.25. The molecule has 0 saturated carbocycles. The summed E-state index contributed by atoms with van der Waals surface area (Å²) < 4.78 is 0. The molecule has 1 aromatic carbocycles. The molecule has 1 atom stereocenters. The van der Waals surface area contributed by atoms with Gasteiger partial charge < -0.3 is 10.3 Å². The van der Waals surface area contributed by atoms with E-state index in [0.717, 1.165) is 23.0 Å². The molecule has 1 fully saturated rings. The zero-order chi connectivity index (χ0) is 18.6. The number of rotatable bonds is 6. The summed E-state index contributed by atoms with van der Waals surface area (Å²) in [7, 11) is 0. The van der Waals surface area contributed by atoms with Gasteiger partial charge in [-0.25, -0.2) is 0 Å². The number of carbonyl (C=O) groups excluding carboxylic acids is 1. The Balaban J connectivity index is 1.58. The molecule has 2 aromatic heterocycles. The lowest BCUT2D eigenvalue weighted by atomic mass is 10.1. The van der Waals surface area contributed by atoms with Crippen molar-refractivity contribution in [3.05, 3.63) is 76.3 Å².